The zero-order valence-electron chi connectivity index (χ0n) is 14.5. The van der Waals surface area contributed by atoms with Gasteiger partial charge in [-0.15, -0.1) is 0 Å². The van der Waals surface area contributed by atoms with Crippen molar-refractivity contribution in [1.29, 1.82) is 0 Å². The van der Waals surface area contributed by atoms with Gasteiger partial charge in [-0.2, -0.15) is 0 Å². The summed E-state index contributed by atoms with van der Waals surface area (Å²) in [5, 5.41) is 0. The third-order valence-electron chi connectivity index (χ3n) is 2.69. The Morgan fingerprint density at radius 3 is 1.39 bits per heavy atom. The van der Waals surface area contributed by atoms with E-state index >= 15 is 0 Å². The first-order chi connectivity index (χ1) is 10.5. The van der Waals surface area contributed by atoms with Gasteiger partial charge in [-0.1, -0.05) is 0 Å². The number of amides is 1. The molecule has 0 saturated carbocycles. The summed E-state index contributed by atoms with van der Waals surface area (Å²) in [4.78, 5) is 46.7. The molecular weight excluding hydrogens is 306 g/mol. The standard InChI is InChI=1S/C15H25NO7/c1-9(21-12(4)17)7-16(8-10(2)22-13(5)18)15(20)11(3)23-14(6)19/h9-11H,7-8H2,1-6H3/t9-,10-,11-/m1/s1. The second-order valence-corrected chi connectivity index (χ2v) is 5.33. The first-order valence-electron chi connectivity index (χ1n) is 7.33. The van der Waals surface area contributed by atoms with E-state index in [-0.39, 0.29) is 13.1 Å². The molecule has 0 bridgehead atoms. The highest BCUT2D eigenvalue weighted by Crippen LogP contribution is 2.07. The third kappa shape index (κ3) is 9.49. The summed E-state index contributed by atoms with van der Waals surface area (Å²) in [6.45, 7) is 8.65. The number of hydrogen-bond acceptors (Lipinski definition) is 7. The lowest BCUT2D eigenvalue weighted by Crippen LogP contribution is -2.47. The van der Waals surface area contributed by atoms with Crippen molar-refractivity contribution in [2.75, 3.05) is 13.1 Å². The van der Waals surface area contributed by atoms with Crippen LogP contribution in [0.2, 0.25) is 0 Å². The van der Waals surface area contributed by atoms with Crippen LogP contribution in [0.15, 0.2) is 0 Å². The van der Waals surface area contributed by atoms with Crippen molar-refractivity contribution < 1.29 is 33.4 Å². The molecule has 23 heavy (non-hydrogen) atoms. The topological polar surface area (TPSA) is 99.2 Å². The maximum absolute atomic E-state index is 12.4. The molecule has 0 unspecified atom stereocenters. The number of carbonyl (C=O) groups is 4. The predicted molar refractivity (Wildman–Crippen MR) is 80.3 cm³/mol. The lowest BCUT2D eigenvalue weighted by atomic mass is 10.2. The Labute approximate surface area is 136 Å². The summed E-state index contributed by atoms with van der Waals surface area (Å²) >= 11 is 0. The van der Waals surface area contributed by atoms with Crippen LogP contribution < -0.4 is 0 Å². The van der Waals surface area contributed by atoms with Gasteiger partial charge in [0.15, 0.2) is 6.10 Å². The Hall–Kier alpha value is -2.12. The Morgan fingerprint density at radius 2 is 1.09 bits per heavy atom. The van der Waals surface area contributed by atoms with E-state index in [0.29, 0.717) is 0 Å². The molecule has 0 aliphatic carbocycles. The Bertz CT molecular complexity index is 425. The van der Waals surface area contributed by atoms with Gasteiger partial charge in [-0.25, -0.2) is 0 Å². The van der Waals surface area contributed by atoms with E-state index in [0.717, 1.165) is 0 Å². The molecule has 0 N–H and O–H groups in total. The molecule has 8 nitrogen and oxygen atoms in total. The van der Waals surface area contributed by atoms with Crippen molar-refractivity contribution in [1.82, 2.24) is 4.90 Å². The molecule has 0 aromatic carbocycles. The zero-order valence-corrected chi connectivity index (χ0v) is 14.5. The Morgan fingerprint density at radius 1 is 0.739 bits per heavy atom. The summed E-state index contributed by atoms with van der Waals surface area (Å²) in [7, 11) is 0. The fourth-order valence-corrected chi connectivity index (χ4v) is 2.07. The molecule has 8 heteroatoms. The molecule has 132 valence electrons. The van der Waals surface area contributed by atoms with Crippen LogP contribution in [-0.4, -0.2) is 60.1 Å². The molecule has 0 aromatic heterocycles. The van der Waals surface area contributed by atoms with Crippen LogP contribution in [0, 0.1) is 0 Å². The van der Waals surface area contributed by atoms with Crippen molar-refractivity contribution >= 4 is 23.8 Å². The van der Waals surface area contributed by atoms with Gasteiger partial charge in [0, 0.05) is 20.8 Å². The molecular formula is C15H25NO7. The van der Waals surface area contributed by atoms with E-state index in [2.05, 4.69) is 0 Å². The highest BCUT2D eigenvalue weighted by molar-refractivity contribution is 5.83. The van der Waals surface area contributed by atoms with Crippen LogP contribution in [0.4, 0.5) is 0 Å². The fraction of sp³-hybridized carbons (Fsp3) is 0.733. The van der Waals surface area contributed by atoms with Crippen molar-refractivity contribution in [3.63, 3.8) is 0 Å². The van der Waals surface area contributed by atoms with E-state index in [4.69, 9.17) is 14.2 Å². The van der Waals surface area contributed by atoms with Crippen LogP contribution in [0.3, 0.4) is 0 Å². The van der Waals surface area contributed by atoms with E-state index in [1.54, 1.807) is 13.8 Å². The number of hydrogen-bond donors (Lipinski definition) is 0. The van der Waals surface area contributed by atoms with Gasteiger partial charge in [0.05, 0.1) is 13.1 Å². The van der Waals surface area contributed by atoms with Crippen molar-refractivity contribution in [3.05, 3.63) is 0 Å². The van der Waals surface area contributed by atoms with E-state index in [9.17, 15) is 19.2 Å². The molecule has 0 spiro atoms. The van der Waals surface area contributed by atoms with Crippen LogP contribution in [-0.2, 0) is 33.4 Å². The quantitative estimate of drug-likeness (QED) is 0.476. The molecule has 0 aliphatic heterocycles. The largest absolute Gasteiger partial charge is 0.461 e. The lowest BCUT2D eigenvalue weighted by Gasteiger charge is -2.29. The average molecular weight is 331 g/mol. The molecule has 0 radical (unpaired) electrons. The third-order valence-corrected chi connectivity index (χ3v) is 2.69. The predicted octanol–water partition coefficient (Wildman–Crippen LogP) is 0.670. The number of rotatable bonds is 8. The maximum atomic E-state index is 12.4. The minimum Gasteiger partial charge on any atom is -0.461 e. The first kappa shape index (κ1) is 20.9. The molecule has 0 heterocycles. The molecule has 0 rings (SSSR count). The molecule has 0 saturated heterocycles. The number of ether oxygens (including phenoxy) is 3. The van der Waals surface area contributed by atoms with Gasteiger partial charge in [0.25, 0.3) is 5.91 Å². The monoisotopic (exact) mass is 331 g/mol. The molecule has 1 amide bonds. The van der Waals surface area contributed by atoms with Crippen molar-refractivity contribution in [2.45, 2.75) is 59.9 Å². The van der Waals surface area contributed by atoms with Gasteiger partial charge < -0.3 is 19.1 Å². The average Bonchev–Trinajstić information content (AvgIpc) is 2.33. The normalized spacial score (nSPS) is 14.2. The van der Waals surface area contributed by atoms with Gasteiger partial charge >= 0.3 is 17.9 Å². The maximum Gasteiger partial charge on any atom is 0.303 e. The van der Waals surface area contributed by atoms with Gasteiger partial charge in [-0.3, -0.25) is 19.2 Å². The minimum atomic E-state index is -0.985. The Balaban J connectivity index is 4.96. The zero-order chi connectivity index (χ0) is 18.2. The van der Waals surface area contributed by atoms with Gasteiger partial charge in [0.1, 0.15) is 12.2 Å². The minimum absolute atomic E-state index is 0.0929. The van der Waals surface area contributed by atoms with E-state index in [1.165, 1.54) is 32.6 Å². The second-order valence-electron chi connectivity index (χ2n) is 5.33. The smallest absolute Gasteiger partial charge is 0.303 e. The van der Waals surface area contributed by atoms with Gasteiger partial charge in [0.2, 0.25) is 0 Å². The van der Waals surface area contributed by atoms with Crippen LogP contribution in [0.5, 0.6) is 0 Å². The SMILES string of the molecule is CC(=O)O[C@H](C)CN(C[C@@H](C)OC(C)=O)C(=O)[C@@H](C)OC(C)=O. The van der Waals surface area contributed by atoms with Crippen LogP contribution in [0.25, 0.3) is 0 Å². The van der Waals surface area contributed by atoms with Crippen LogP contribution in [0.1, 0.15) is 41.5 Å². The van der Waals surface area contributed by atoms with E-state index in [1.807, 2.05) is 0 Å². The highest BCUT2D eigenvalue weighted by atomic mass is 16.6. The Kier molecular flexibility index (Phi) is 8.90. The summed E-state index contributed by atoms with van der Waals surface area (Å²) in [5.41, 5.74) is 0. The molecule has 3 atom stereocenters. The summed E-state index contributed by atoms with van der Waals surface area (Å²) in [5.74, 6) is -1.97. The first-order valence-corrected chi connectivity index (χ1v) is 7.33. The molecule has 0 fully saturated rings. The van der Waals surface area contributed by atoms with E-state index < -0.39 is 42.1 Å². The fourth-order valence-electron chi connectivity index (χ4n) is 2.07. The number of esters is 3. The lowest BCUT2D eigenvalue weighted by molar-refractivity contribution is -0.161. The summed E-state index contributed by atoms with van der Waals surface area (Å²) in [6, 6.07) is 0. The van der Waals surface area contributed by atoms with Crippen molar-refractivity contribution in [2.24, 2.45) is 0 Å². The molecule has 0 aliphatic rings. The highest BCUT2D eigenvalue weighted by Gasteiger charge is 2.27. The second kappa shape index (κ2) is 9.81. The number of nitrogens with zero attached hydrogens (tertiary/aromatic N) is 1. The summed E-state index contributed by atoms with van der Waals surface area (Å²) in [6.07, 6.45) is -2.09. The van der Waals surface area contributed by atoms with Gasteiger partial charge in [-0.05, 0) is 20.8 Å². The van der Waals surface area contributed by atoms with Crippen LogP contribution >= 0.6 is 0 Å². The summed E-state index contributed by atoms with van der Waals surface area (Å²) < 4.78 is 14.9. The number of carbonyl (C=O) groups excluding carboxylic acids is 4. The van der Waals surface area contributed by atoms with Crippen molar-refractivity contribution in [3.8, 4) is 0 Å². The molecule has 0 aromatic rings.